The fourth-order valence-electron chi connectivity index (χ4n) is 9.11. The minimum absolute atomic E-state index is 0.624. The van der Waals surface area contributed by atoms with E-state index >= 15 is 0 Å². The van der Waals surface area contributed by atoms with Gasteiger partial charge in [0.05, 0.1) is 33.8 Å². The number of hydrogen-bond acceptors (Lipinski definition) is 3. The Morgan fingerprint density at radius 3 is 1.83 bits per heavy atom. The third-order valence-electron chi connectivity index (χ3n) is 11.7. The van der Waals surface area contributed by atoms with Gasteiger partial charge in [-0.15, -0.1) is 0 Å². The quantitative estimate of drug-likeness (QED) is 0.180. The fraction of sp³-hybridized carbons (Fsp3) is 0. The molecule has 0 amide bonds. The van der Waals surface area contributed by atoms with Crippen molar-refractivity contribution >= 4 is 60.7 Å². The van der Waals surface area contributed by atoms with Crippen molar-refractivity contribution in [3.05, 3.63) is 206 Å². The molecular formula is C54H34N4. The van der Waals surface area contributed by atoms with Gasteiger partial charge in [-0.25, -0.2) is 9.97 Å². The number of rotatable bonds is 4. The molecule has 0 atom stereocenters. The van der Waals surface area contributed by atoms with Gasteiger partial charge in [-0.3, -0.25) is 4.90 Å². The first-order valence-electron chi connectivity index (χ1n) is 19.8. The van der Waals surface area contributed by atoms with Crippen molar-refractivity contribution in [2.45, 2.75) is 0 Å². The fourth-order valence-corrected chi connectivity index (χ4v) is 9.11. The largest absolute Gasteiger partial charge is 0.309 e. The van der Waals surface area contributed by atoms with Crippen LogP contribution in [-0.4, -0.2) is 14.5 Å². The van der Waals surface area contributed by atoms with Crippen molar-refractivity contribution in [1.82, 2.24) is 14.5 Å². The minimum Gasteiger partial charge on any atom is -0.309 e. The van der Waals surface area contributed by atoms with Gasteiger partial charge in [0.2, 0.25) is 5.95 Å². The van der Waals surface area contributed by atoms with E-state index in [0.717, 1.165) is 61.6 Å². The van der Waals surface area contributed by atoms with Gasteiger partial charge >= 0.3 is 0 Å². The lowest BCUT2D eigenvalue weighted by Gasteiger charge is -2.26. The van der Waals surface area contributed by atoms with Crippen LogP contribution in [-0.2, 0) is 0 Å². The molecule has 0 saturated heterocycles. The molecule has 0 radical (unpaired) electrons. The second-order valence-electron chi connectivity index (χ2n) is 15.0. The summed E-state index contributed by atoms with van der Waals surface area (Å²) < 4.78 is 2.44. The van der Waals surface area contributed by atoms with E-state index in [9.17, 15) is 0 Å². The van der Waals surface area contributed by atoms with Crippen molar-refractivity contribution in [3.8, 4) is 50.5 Å². The first kappa shape index (κ1) is 32.4. The summed E-state index contributed by atoms with van der Waals surface area (Å²) in [7, 11) is 0. The second kappa shape index (κ2) is 12.9. The van der Waals surface area contributed by atoms with Crippen LogP contribution in [0.1, 0.15) is 0 Å². The van der Waals surface area contributed by atoms with Gasteiger partial charge < -0.3 is 4.57 Å². The third kappa shape index (κ3) is 4.95. The lowest BCUT2D eigenvalue weighted by Crippen LogP contribution is -2.15. The maximum Gasteiger partial charge on any atom is 0.235 e. The molecule has 12 rings (SSSR count). The third-order valence-corrected chi connectivity index (χ3v) is 11.7. The van der Waals surface area contributed by atoms with Gasteiger partial charge in [-0.1, -0.05) is 170 Å². The molecule has 270 valence electrons. The van der Waals surface area contributed by atoms with E-state index < -0.39 is 0 Å². The van der Waals surface area contributed by atoms with Gasteiger partial charge in [0.1, 0.15) is 0 Å². The summed E-state index contributed by atoms with van der Waals surface area (Å²) in [6, 6.07) is 73.9. The van der Waals surface area contributed by atoms with Crippen LogP contribution in [0.3, 0.4) is 0 Å². The van der Waals surface area contributed by atoms with E-state index in [4.69, 9.17) is 9.97 Å². The zero-order valence-electron chi connectivity index (χ0n) is 31.4. The molecular weight excluding hydrogens is 705 g/mol. The number of para-hydroxylation sites is 4. The Bertz CT molecular complexity index is 3410. The smallest absolute Gasteiger partial charge is 0.235 e. The van der Waals surface area contributed by atoms with E-state index in [1.54, 1.807) is 0 Å². The topological polar surface area (TPSA) is 34.0 Å². The molecule has 11 aromatic rings. The molecule has 0 spiro atoms. The summed E-state index contributed by atoms with van der Waals surface area (Å²) in [4.78, 5) is 13.1. The van der Waals surface area contributed by atoms with E-state index in [1.165, 1.54) is 43.6 Å². The van der Waals surface area contributed by atoms with Crippen molar-refractivity contribution < 1.29 is 0 Å². The van der Waals surface area contributed by atoms with Crippen LogP contribution in [0.4, 0.5) is 17.3 Å². The van der Waals surface area contributed by atoms with E-state index in [2.05, 4.69) is 216 Å². The Kier molecular flexibility index (Phi) is 7.20. The number of fused-ring (bicyclic) bond motifs is 10. The molecule has 0 aliphatic carbocycles. The molecule has 2 aromatic heterocycles. The number of anilines is 3. The lowest BCUT2D eigenvalue weighted by molar-refractivity contribution is 1.11. The number of nitrogens with zero attached hydrogens (tertiary/aromatic N) is 4. The maximum absolute atomic E-state index is 5.52. The van der Waals surface area contributed by atoms with Crippen LogP contribution < -0.4 is 4.90 Å². The maximum atomic E-state index is 5.52. The Morgan fingerprint density at radius 2 is 0.983 bits per heavy atom. The highest BCUT2D eigenvalue weighted by Gasteiger charge is 2.32. The molecule has 58 heavy (non-hydrogen) atoms. The van der Waals surface area contributed by atoms with E-state index in [1.807, 2.05) is 0 Å². The highest BCUT2D eigenvalue weighted by atomic mass is 15.3. The van der Waals surface area contributed by atoms with Crippen molar-refractivity contribution in [1.29, 1.82) is 0 Å². The minimum atomic E-state index is 0.624. The average molecular weight is 739 g/mol. The van der Waals surface area contributed by atoms with Crippen LogP contribution in [0.15, 0.2) is 206 Å². The van der Waals surface area contributed by atoms with Crippen LogP contribution >= 0.6 is 0 Å². The number of aromatic nitrogens is 3. The van der Waals surface area contributed by atoms with Crippen molar-refractivity contribution in [3.63, 3.8) is 0 Å². The standard InChI is InChI=1S/C54H34N4/c1-2-16-39-34-40(33-32-35(39)14-1)57-48-25-10-6-20-44(48)51-45-21-7-11-26-49(45)58(50-27-12-8-22-46(50)53(51)57)54-55-47-24-9-5-19-43(47)52(56-54)38-30-28-37(29-31-38)42-23-13-17-36-15-3-4-18-41(36)42/h1-34H. The lowest BCUT2D eigenvalue weighted by atomic mass is 9.96. The SMILES string of the molecule is c1ccc2c(c1)-c1c(n(-c3ccc4ccccc4c3)c3ccccc13)-c1ccccc1N2c1nc(-c2ccc(-c3cccc4ccccc34)cc2)c2ccccc2n1. The van der Waals surface area contributed by atoms with Gasteiger partial charge in [0, 0.05) is 38.7 Å². The summed E-state index contributed by atoms with van der Waals surface area (Å²) in [5, 5.41) is 7.11. The summed E-state index contributed by atoms with van der Waals surface area (Å²) in [6.45, 7) is 0. The highest BCUT2D eigenvalue weighted by Crippen LogP contribution is 2.54. The Labute approximate surface area is 335 Å². The predicted octanol–water partition coefficient (Wildman–Crippen LogP) is 14.3. The normalized spacial score (nSPS) is 12.1. The molecule has 9 aromatic carbocycles. The number of benzene rings is 9. The van der Waals surface area contributed by atoms with Crippen LogP contribution in [0, 0.1) is 0 Å². The molecule has 1 aliphatic heterocycles. The molecule has 1 aliphatic rings. The van der Waals surface area contributed by atoms with Crippen molar-refractivity contribution in [2.75, 3.05) is 4.90 Å². The molecule has 0 bridgehead atoms. The molecule has 0 saturated carbocycles. The average Bonchev–Trinajstić information content (AvgIpc) is 3.57. The van der Waals surface area contributed by atoms with Gasteiger partial charge in [-0.05, 0) is 69.1 Å². The van der Waals surface area contributed by atoms with Crippen LogP contribution in [0.5, 0.6) is 0 Å². The van der Waals surface area contributed by atoms with Gasteiger partial charge in [-0.2, -0.15) is 0 Å². The van der Waals surface area contributed by atoms with Crippen molar-refractivity contribution in [2.24, 2.45) is 0 Å². The summed E-state index contributed by atoms with van der Waals surface area (Å²) in [6.07, 6.45) is 0. The van der Waals surface area contributed by atoms with Gasteiger partial charge in [0.15, 0.2) is 0 Å². The Morgan fingerprint density at radius 1 is 0.379 bits per heavy atom. The Hall–Kier alpha value is -7.82. The summed E-state index contributed by atoms with van der Waals surface area (Å²) in [5.74, 6) is 0.624. The molecule has 0 fully saturated rings. The number of hydrogen-bond donors (Lipinski definition) is 0. The molecule has 0 N–H and O–H groups in total. The van der Waals surface area contributed by atoms with Crippen LogP contribution in [0.2, 0.25) is 0 Å². The molecule has 0 unspecified atom stereocenters. The monoisotopic (exact) mass is 738 g/mol. The van der Waals surface area contributed by atoms with Gasteiger partial charge in [0.25, 0.3) is 0 Å². The second-order valence-corrected chi connectivity index (χ2v) is 15.0. The van der Waals surface area contributed by atoms with E-state index in [-0.39, 0.29) is 0 Å². The molecule has 4 nitrogen and oxygen atoms in total. The first-order valence-corrected chi connectivity index (χ1v) is 19.8. The zero-order chi connectivity index (χ0) is 38.2. The summed E-state index contributed by atoms with van der Waals surface area (Å²) in [5.41, 5.74) is 14.1. The van der Waals surface area contributed by atoms with E-state index in [0.29, 0.717) is 5.95 Å². The highest BCUT2D eigenvalue weighted by molar-refractivity contribution is 6.13. The first-order chi connectivity index (χ1) is 28.8. The predicted molar refractivity (Wildman–Crippen MR) is 241 cm³/mol. The molecule has 4 heteroatoms. The molecule has 3 heterocycles. The summed E-state index contributed by atoms with van der Waals surface area (Å²) >= 11 is 0. The zero-order valence-corrected chi connectivity index (χ0v) is 31.4. The van der Waals surface area contributed by atoms with Crippen LogP contribution in [0.25, 0.3) is 93.8 Å². The Balaban J connectivity index is 1.09.